The lowest BCUT2D eigenvalue weighted by atomic mass is 9.82. The summed E-state index contributed by atoms with van der Waals surface area (Å²) in [5.74, 6) is -0.103. The molecule has 164 valence electrons. The van der Waals surface area contributed by atoms with E-state index in [-0.39, 0.29) is 30.4 Å². The van der Waals surface area contributed by atoms with E-state index in [0.717, 1.165) is 16.0 Å². The van der Waals surface area contributed by atoms with Crippen LogP contribution in [0.15, 0.2) is 54.6 Å². The topological polar surface area (TPSA) is 82.9 Å². The molecule has 0 aliphatic carbocycles. The summed E-state index contributed by atoms with van der Waals surface area (Å²) < 4.78 is 0. The first-order valence-corrected chi connectivity index (χ1v) is 10.6. The summed E-state index contributed by atoms with van der Waals surface area (Å²) >= 11 is 0. The lowest BCUT2D eigenvalue weighted by Crippen LogP contribution is -3.09. The molecule has 3 rings (SSSR count). The van der Waals surface area contributed by atoms with Crippen molar-refractivity contribution in [3.63, 3.8) is 0 Å². The van der Waals surface area contributed by atoms with Gasteiger partial charge in [-0.1, -0.05) is 56.3 Å². The molecule has 0 saturated carbocycles. The molecule has 1 aliphatic rings. The standard InChI is InChI=1S/C24H30N4O3/c1-17(2)14-24(20-8-6-5-7-9-20)22(30)28(23(31)26-24)16-27(4)15-18-10-12-19(13-11-18)21(29)25-3/h5-13,17H,14-16H2,1-4H3,(H,25,29)(H,26,31)/p+1/t24-/m0/s1. The highest BCUT2D eigenvalue weighted by Gasteiger charge is 2.53. The molecule has 1 unspecified atom stereocenters. The van der Waals surface area contributed by atoms with Crippen LogP contribution in [0.25, 0.3) is 0 Å². The molecule has 0 bridgehead atoms. The quantitative estimate of drug-likeness (QED) is 0.563. The number of carbonyl (C=O) groups is 3. The Bertz CT molecular complexity index is 943. The minimum Gasteiger partial charge on any atom is -0.355 e. The fourth-order valence-electron chi connectivity index (χ4n) is 4.15. The number of nitrogens with one attached hydrogen (secondary N) is 3. The molecule has 2 atom stereocenters. The summed E-state index contributed by atoms with van der Waals surface area (Å²) in [6, 6.07) is 16.5. The second kappa shape index (κ2) is 9.31. The van der Waals surface area contributed by atoms with E-state index < -0.39 is 5.54 Å². The molecule has 2 aromatic rings. The van der Waals surface area contributed by atoms with Crippen LogP contribution in [-0.4, -0.2) is 43.5 Å². The zero-order chi connectivity index (χ0) is 22.6. The number of benzene rings is 2. The van der Waals surface area contributed by atoms with E-state index in [1.165, 1.54) is 4.90 Å². The van der Waals surface area contributed by atoms with Gasteiger partial charge in [0.1, 0.15) is 12.1 Å². The van der Waals surface area contributed by atoms with Crippen molar-refractivity contribution in [2.24, 2.45) is 5.92 Å². The van der Waals surface area contributed by atoms with Crippen LogP contribution in [-0.2, 0) is 16.9 Å². The van der Waals surface area contributed by atoms with Gasteiger partial charge < -0.3 is 15.5 Å². The number of imide groups is 1. The van der Waals surface area contributed by atoms with Crippen molar-refractivity contribution >= 4 is 17.8 Å². The third-order valence-corrected chi connectivity index (χ3v) is 5.53. The number of amides is 4. The Morgan fingerprint density at radius 2 is 1.74 bits per heavy atom. The van der Waals surface area contributed by atoms with Gasteiger partial charge in [0.05, 0.1) is 7.05 Å². The number of hydrogen-bond acceptors (Lipinski definition) is 3. The van der Waals surface area contributed by atoms with Crippen LogP contribution >= 0.6 is 0 Å². The Labute approximate surface area is 183 Å². The molecule has 31 heavy (non-hydrogen) atoms. The Balaban J connectivity index is 1.75. The van der Waals surface area contributed by atoms with Crippen molar-refractivity contribution < 1.29 is 19.3 Å². The van der Waals surface area contributed by atoms with E-state index in [9.17, 15) is 14.4 Å². The molecule has 3 N–H and O–H groups in total. The van der Waals surface area contributed by atoms with Gasteiger partial charge in [-0.2, -0.15) is 0 Å². The third-order valence-electron chi connectivity index (χ3n) is 5.53. The van der Waals surface area contributed by atoms with E-state index >= 15 is 0 Å². The summed E-state index contributed by atoms with van der Waals surface area (Å²) in [7, 11) is 3.54. The van der Waals surface area contributed by atoms with Gasteiger partial charge in [0.2, 0.25) is 0 Å². The SMILES string of the molecule is CNC(=O)c1ccc(C[NH+](C)CN2C(=O)N[C@@](CC(C)C)(c3ccccc3)C2=O)cc1. The number of quaternary nitrogens is 1. The summed E-state index contributed by atoms with van der Waals surface area (Å²) in [6.07, 6.45) is 0.540. The van der Waals surface area contributed by atoms with Crippen LogP contribution in [0.4, 0.5) is 4.79 Å². The number of rotatable bonds is 8. The molecule has 0 spiro atoms. The van der Waals surface area contributed by atoms with Gasteiger partial charge in [-0.05, 0) is 30.0 Å². The molecule has 1 heterocycles. The smallest absolute Gasteiger partial charge is 0.329 e. The highest BCUT2D eigenvalue weighted by Crippen LogP contribution is 2.34. The van der Waals surface area contributed by atoms with Crippen LogP contribution in [0.1, 0.15) is 41.8 Å². The van der Waals surface area contributed by atoms with Crippen molar-refractivity contribution in [2.45, 2.75) is 32.4 Å². The molecule has 4 amide bonds. The second-order valence-corrected chi connectivity index (χ2v) is 8.60. The van der Waals surface area contributed by atoms with Crippen molar-refractivity contribution in [3.8, 4) is 0 Å². The largest absolute Gasteiger partial charge is 0.355 e. The first kappa shape index (κ1) is 22.5. The highest BCUT2D eigenvalue weighted by atomic mass is 16.2. The van der Waals surface area contributed by atoms with E-state index in [4.69, 9.17) is 0 Å². The Morgan fingerprint density at radius 1 is 1.10 bits per heavy atom. The van der Waals surface area contributed by atoms with E-state index in [1.807, 2.05) is 63.4 Å². The van der Waals surface area contributed by atoms with Gasteiger partial charge in [-0.25, -0.2) is 9.69 Å². The molecule has 1 aliphatic heterocycles. The van der Waals surface area contributed by atoms with Gasteiger partial charge in [-0.3, -0.25) is 9.59 Å². The monoisotopic (exact) mass is 423 g/mol. The maximum absolute atomic E-state index is 13.5. The average molecular weight is 424 g/mol. The van der Waals surface area contributed by atoms with Crippen LogP contribution in [0.5, 0.6) is 0 Å². The molecule has 0 aromatic heterocycles. The molecule has 2 aromatic carbocycles. The second-order valence-electron chi connectivity index (χ2n) is 8.60. The molecular weight excluding hydrogens is 392 g/mol. The van der Waals surface area contributed by atoms with Crippen molar-refractivity contribution in [1.82, 2.24) is 15.5 Å². The first-order chi connectivity index (χ1) is 14.8. The predicted molar refractivity (Wildman–Crippen MR) is 118 cm³/mol. The highest BCUT2D eigenvalue weighted by molar-refractivity contribution is 6.07. The van der Waals surface area contributed by atoms with Gasteiger partial charge in [0.25, 0.3) is 11.8 Å². The van der Waals surface area contributed by atoms with Crippen LogP contribution < -0.4 is 15.5 Å². The summed E-state index contributed by atoms with van der Waals surface area (Å²) in [4.78, 5) is 40.3. The lowest BCUT2D eigenvalue weighted by molar-refractivity contribution is -0.901. The summed E-state index contributed by atoms with van der Waals surface area (Å²) in [6.45, 7) is 4.97. The van der Waals surface area contributed by atoms with Gasteiger partial charge in [0, 0.05) is 18.2 Å². The van der Waals surface area contributed by atoms with Gasteiger partial charge in [-0.15, -0.1) is 0 Å². The Morgan fingerprint density at radius 3 is 2.32 bits per heavy atom. The Kier molecular flexibility index (Phi) is 6.75. The zero-order valence-corrected chi connectivity index (χ0v) is 18.6. The number of nitrogens with zero attached hydrogens (tertiary/aromatic N) is 1. The zero-order valence-electron chi connectivity index (χ0n) is 18.6. The summed E-state index contributed by atoms with van der Waals surface area (Å²) in [5, 5.41) is 5.59. The normalized spacial score (nSPS) is 19.5. The average Bonchev–Trinajstić information content (AvgIpc) is 2.98. The number of hydrogen-bond donors (Lipinski definition) is 3. The fourth-order valence-corrected chi connectivity index (χ4v) is 4.15. The van der Waals surface area contributed by atoms with Gasteiger partial charge >= 0.3 is 6.03 Å². The molecule has 0 radical (unpaired) electrons. The molecule has 1 fully saturated rings. The Hall–Kier alpha value is -3.19. The minimum absolute atomic E-state index is 0.131. The predicted octanol–water partition coefficient (Wildman–Crippen LogP) is 1.51. The fraction of sp³-hybridized carbons (Fsp3) is 0.375. The van der Waals surface area contributed by atoms with Crippen molar-refractivity contribution in [1.29, 1.82) is 0 Å². The molecular formula is C24H31N4O3+. The molecule has 7 heteroatoms. The number of urea groups is 1. The maximum atomic E-state index is 13.5. The van der Waals surface area contributed by atoms with Crippen molar-refractivity contribution in [3.05, 3.63) is 71.3 Å². The third kappa shape index (κ3) is 4.77. The maximum Gasteiger partial charge on any atom is 0.329 e. The van der Waals surface area contributed by atoms with Crippen LogP contribution in [0.2, 0.25) is 0 Å². The van der Waals surface area contributed by atoms with E-state index in [0.29, 0.717) is 18.5 Å². The first-order valence-electron chi connectivity index (χ1n) is 10.6. The minimum atomic E-state index is -1.03. The summed E-state index contributed by atoms with van der Waals surface area (Å²) in [5.41, 5.74) is 1.40. The van der Waals surface area contributed by atoms with Crippen molar-refractivity contribution in [2.75, 3.05) is 20.8 Å². The lowest BCUT2D eigenvalue weighted by Gasteiger charge is -2.29. The number of carbonyl (C=O) groups excluding carboxylic acids is 3. The van der Waals surface area contributed by atoms with Gasteiger partial charge in [0.15, 0.2) is 6.67 Å². The van der Waals surface area contributed by atoms with E-state index in [2.05, 4.69) is 10.6 Å². The van der Waals surface area contributed by atoms with E-state index in [1.54, 1.807) is 19.2 Å². The van der Waals surface area contributed by atoms with Crippen LogP contribution in [0.3, 0.4) is 0 Å². The van der Waals surface area contributed by atoms with Crippen LogP contribution in [0, 0.1) is 5.92 Å². The molecule has 1 saturated heterocycles. The molecule has 7 nitrogen and oxygen atoms in total.